The van der Waals surface area contributed by atoms with Crippen LogP contribution in [-0.4, -0.2) is 43.3 Å². The molecule has 0 bridgehead atoms. The van der Waals surface area contributed by atoms with Crippen LogP contribution in [-0.2, 0) is 14.3 Å². The number of carboxylic acids is 1. The van der Waals surface area contributed by atoms with Crippen molar-refractivity contribution in [1.29, 1.82) is 0 Å². The number of aliphatic carboxylic acids is 1. The van der Waals surface area contributed by atoms with E-state index in [1.165, 1.54) is 4.90 Å². The zero-order valence-electron chi connectivity index (χ0n) is 15.0. The van der Waals surface area contributed by atoms with Gasteiger partial charge in [0.2, 0.25) is 0 Å². The fourth-order valence-electron chi connectivity index (χ4n) is 2.82. The van der Waals surface area contributed by atoms with Crippen LogP contribution in [0.15, 0.2) is 41.6 Å². The maximum absolute atomic E-state index is 12.9. The molecule has 2 rings (SSSR count). The molecule has 0 spiro atoms. The molecule has 0 fully saturated rings. The zero-order chi connectivity index (χ0) is 20.9. The van der Waals surface area contributed by atoms with E-state index in [0.29, 0.717) is 11.3 Å². The smallest absolute Gasteiger partial charge is 0.338 e. The van der Waals surface area contributed by atoms with Crippen molar-refractivity contribution in [3.05, 3.63) is 47.2 Å². The zero-order valence-corrected chi connectivity index (χ0v) is 19.7. The summed E-state index contributed by atoms with van der Waals surface area (Å²) in [4.78, 5) is 37.6. The Labute approximate surface area is 187 Å². The molecule has 152 valence electrons. The number of alkyl halides is 3. The lowest BCUT2D eigenvalue weighted by atomic mass is 9.95. The van der Waals surface area contributed by atoms with E-state index >= 15 is 0 Å². The van der Waals surface area contributed by atoms with Crippen molar-refractivity contribution in [3.8, 4) is 0 Å². The Morgan fingerprint density at radius 3 is 2.46 bits per heavy atom. The Morgan fingerprint density at radius 2 is 1.89 bits per heavy atom. The Balaban J connectivity index is 2.35. The molecule has 1 unspecified atom stereocenters. The molecule has 0 saturated heterocycles. The van der Waals surface area contributed by atoms with E-state index < -0.39 is 20.1 Å². The van der Waals surface area contributed by atoms with Crippen LogP contribution >= 0.6 is 47.8 Å². The van der Waals surface area contributed by atoms with Gasteiger partial charge in [-0.25, -0.2) is 9.59 Å². The van der Waals surface area contributed by atoms with Crippen molar-refractivity contribution in [2.45, 2.75) is 28.0 Å². The number of esters is 1. The molecule has 0 aliphatic carbocycles. The molecule has 1 heterocycles. The fourth-order valence-corrected chi connectivity index (χ4v) is 3.17. The van der Waals surface area contributed by atoms with Gasteiger partial charge < -0.3 is 15.2 Å². The van der Waals surface area contributed by atoms with Crippen LogP contribution in [0.1, 0.15) is 31.4 Å². The second-order valence-corrected chi connectivity index (χ2v) is 13.4. The van der Waals surface area contributed by atoms with Crippen LogP contribution in [0.2, 0.25) is 0 Å². The first-order valence-electron chi connectivity index (χ1n) is 8.39. The van der Waals surface area contributed by atoms with Gasteiger partial charge in [0.25, 0.3) is 0 Å². The van der Waals surface area contributed by atoms with Crippen LogP contribution in [0.25, 0.3) is 0 Å². The number of carbonyl (C=O) groups is 3. The minimum absolute atomic E-state index is 0.00289. The third-order valence-electron chi connectivity index (χ3n) is 4.09. The van der Waals surface area contributed by atoms with Gasteiger partial charge >= 0.3 is 18.0 Å². The summed E-state index contributed by atoms with van der Waals surface area (Å²) >= 11 is 9.84. The molecule has 1 aromatic rings. The summed E-state index contributed by atoms with van der Waals surface area (Å²) in [5, 5.41) is 11.7. The Bertz CT molecular complexity index is 777. The summed E-state index contributed by atoms with van der Waals surface area (Å²) in [5.74, 6) is -1.51. The van der Waals surface area contributed by atoms with Crippen LogP contribution < -0.4 is 5.32 Å². The molecule has 28 heavy (non-hydrogen) atoms. The number of carboxylic acid groups (broad SMARTS) is 1. The van der Waals surface area contributed by atoms with Crippen molar-refractivity contribution in [3.63, 3.8) is 0 Å². The van der Waals surface area contributed by atoms with Crippen molar-refractivity contribution in [1.82, 2.24) is 10.2 Å². The summed E-state index contributed by atoms with van der Waals surface area (Å²) in [5.41, 5.74) is 1.49. The Hall–Kier alpha value is -1.39. The number of amides is 2. The largest absolute Gasteiger partial charge is 0.481 e. The first-order chi connectivity index (χ1) is 13.1. The van der Waals surface area contributed by atoms with Crippen LogP contribution in [0.5, 0.6) is 0 Å². The highest BCUT2D eigenvalue weighted by atomic mass is 80.0. The van der Waals surface area contributed by atoms with E-state index in [1.807, 2.05) is 30.3 Å². The molecule has 1 atom stereocenters. The highest BCUT2D eigenvalue weighted by Crippen LogP contribution is 2.35. The van der Waals surface area contributed by atoms with Gasteiger partial charge in [-0.05, 0) is 18.9 Å². The molecule has 0 saturated carbocycles. The quantitative estimate of drug-likeness (QED) is 0.370. The third-order valence-corrected chi connectivity index (χ3v) is 4.78. The lowest BCUT2D eigenvalue weighted by Crippen LogP contribution is -2.48. The number of urea groups is 1. The van der Waals surface area contributed by atoms with Gasteiger partial charge in [-0.3, -0.25) is 9.69 Å². The monoisotopic (exact) mass is 580 g/mol. The van der Waals surface area contributed by atoms with Gasteiger partial charge in [0.15, 0.2) is 2.14 Å². The predicted molar refractivity (Wildman–Crippen MR) is 114 cm³/mol. The number of carbonyl (C=O) groups excluding carboxylic acids is 2. The average Bonchev–Trinajstić information content (AvgIpc) is 2.62. The minimum Gasteiger partial charge on any atom is -0.481 e. The first kappa shape index (κ1) is 22.9. The number of hydrogen-bond donors (Lipinski definition) is 2. The summed E-state index contributed by atoms with van der Waals surface area (Å²) in [6.45, 7) is 1.84. The lowest BCUT2D eigenvalue weighted by Gasteiger charge is -2.35. The standard InChI is InChI=1S/C18H19Br3N2O5/c1-11-14(16(26)28-10-18(19,20)21)15(12-6-3-2-4-7-12)22-17(27)23(11)9-5-8-13(24)25/h2-4,6-7,15H,5,8-10H2,1H3,(H,22,27)(H,24,25). The molecule has 1 aromatic carbocycles. The van der Waals surface area contributed by atoms with Crippen LogP contribution in [0.4, 0.5) is 4.79 Å². The highest BCUT2D eigenvalue weighted by Gasteiger charge is 2.37. The van der Waals surface area contributed by atoms with E-state index in [1.54, 1.807) is 6.92 Å². The topological polar surface area (TPSA) is 95.9 Å². The maximum Gasteiger partial charge on any atom is 0.338 e. The molecule has 10 heteroatoms. The number of halogens is 3. The normalized spacial score (nSPS) is 17.4. The van der Waals surface area contributed by atoms with E-state index in [2.05, 4.69) is 53.1 Å². The van der Waals surface area contributed by atoms with Crippen molar-refractivity contribution in [2.75, 3.05) is 13.2 Å². The predicted octanol–water partition coefficient (Wildman–Crippen LogP) is 4.27. The Kier molecular flexibility index (Phi) is 8.08. The number of benzene rings is 1. The second kappa shape index (κ2) is 9.89. The number of ether oxygens (including phenoxy) is 1. The third kappa shape index (κ3) is 6.31. The van der Waals surface area contributed by atoms with E-state index in [9.17, 15) is 14.4 Å². The van der Waals surface area contributed by atoms with E-state index in [-0.39, 0.29) is 32.0 Å². The van der Waals surface area contributed by atoms with Crippen molar-refractivity contribution >= 4 is 65.8 Å². The molecule has 1 aliphatic heterocycles. The molecule has 1 aliphatic rings. The lowest BCUT2D eigenvalue weighted by molar-refractivity contribution is -0.139. The van der Waals surface area contributed by atoms with Gasteiger partial charge in [-0.15, -0.1) is 0 Å². The number of nitrogens with one attached hydrogen (secondary N) is 1. The number of nitrogens with zero attached hydrogens (tertiary/aromatic N) is 1. The summed E-state index contributed by atoms with van der Waals surface area (Å²) < 4.78 is 4.63. The Morgan fingerprint density at radius 1 is 1.25 bits per heavy atom. The summed E-state index contributed by atoms with van der Waals surface area (Å²) in [7, 11) is 0. The number of allylic oxidation sites excluding steroid dienone is 1. The molecular weight excluding hydrogens is 564 g/mol. The molecule has 2 N–H and O–H groups in total. The van der Waals surface area contributed by atoms with Crippen LogP contribution in [0, 0.1) is 0 Å². The minimum atomic E-state index is -0.941. The maximum atomic E-state index is 12.9. The highest BCUT2D eigenvalue weighted by molar-refractivity contribution is 9.39. The SMILES string of the molecule is CC1=C(C(=O)OCC(Br)(Br)Br)C(c2ccccc2)NC(=O)N1CCCC(=O)O. The van der Waals surface area contributed by atoms with Gasteiger partial charge in [0, 0.05) is 18.7 Å². The molecule has 2 amide bonds. The van der Waals surface area contributed by atoms with Gasteiger partial charge in [-0.2, -0.15) is 0 Å². The van der Waals surface area contributed by atoms with E-state index in [4.69, 9.17) is 9.84 Å². The van der Waals surface area contributed by atoms with Crippen molar-refractivity contribution < 1.29 is 24.2 Å². The molecular formula is C18H19Br3N2O5. The van der Waals surface area contributed by atoms with Gasteiger partial charge in [0.1, 0.15) is 6.61 Å². The molecule has 0 aromatic heterocycles. The summed E-state index contributed by atoms with van der Waals surface area (Å²) in [6.07, 6.45) is 0.198. The first-order valence-corrected chi connectivity index (χ1v) is 10.8. The van der Waals surface area contributed by atoms with Gasteiger partial charge in [0.05, 0.1) is 11.6 Å². The summed E-state index contributed by atoms with van der Waals surface area (Å²) in [6, 6.07) is 8.07. The average molecular weight is 583 g/mol. The number of rotatable bonds is 7. The van der Waals surface area contributed by atoms with E-state index in [0.717, 1.165) is 5.56 Å². The molecule has 0 radical (unpaired) electrons. The fraction of sp³-hybridized carbons (Fsp3) is 0.389. The molecule has 7 nitrogen and oxygen atoms in total. The number of hydrogen-bond acceptors (Lipinski definition) is 4. The second-order valence-electron chi connectivity index (χ2n) is 6.13. The van der Waals surface area contributed by atoms with Crippen LogP contribution in [0.3, 0.4) is 0 Å². The van der Waals surface area contributed by atoms with Crippen molar-refractivity contribution in [2.24, 2.45) is 0 Å². The van der Waals surface area contributed by atoms with Gasteiger partial charge in [-0.1, -0.05) is 78.1 Å².